The maximum atomic E-state index is 8.67. The van der Waals surface area contributed by atoms with E-state index in [9.17, 15) is 0 Å². The van der Waals surface area contributed by atoms with Crippen LogP contribution >= 0.6 is 35.6 Å². The minimum atomic E-state index is 0. The van der Waals surface area contributed by atoms with E-state index in [1.165, 1.54) is 12.1 Å². The lowest BCUT2D eigenvalue weighted by molar-refractivity contribution is 0.319. The van der Waals surface area contributed by atoms with Crippen molar-refractivity contribution in [2.24, 2.45) is 0 Å². The number of benzene rings is 1. The molecule has 16 heavy (non-hydrogen) atoms. The zero-order valence-corrected chi connectivity index (χ0v) is 10.9. The first-order valence-corrected chi connectivity index (χ1v) is 5.11. The number of halogens is 3. The number of hydrogen-bond acceptors (Lipinski definition) is 3. The van der Waals surface area contributed by atoms with Gasteiger partial charge in [-0.25, -0.2) is 0 Å². The molecule has 1 rings (SSSR count). The Labute approximate surface area is 111 Å². The van der Waals surface area contributed by atoms with Crippen LogP contribution < -0.4 is 10.1 Å². The Morgan fingerprint density at radius 3 is 2.38 bits per heavy atom. The maximum Gasteiger partial charge on any atom is 0.156 e. The van der Waals surface area contributed by atoms with Gasteiger partial charge in [0.2, 0.25) is 0 Å². The number of likely N-dealkylation sites (N-methyl/N-ethyl adjacent to an activating group) is 1. The molecule has 1 aromatic rings. The molecule has 0 radical (unpaired) electrons. The molecule has 1 N–H and O–H groups in total. The van der Waals surface area contributed by atoms with Crippen LogP contribution in [0.4, 0.5) is 0 Å². The molecular formula is C10H11Cl3N2O. The predicted octanol–water partition coefficient (Wildman–Crippen LogP) is 2.89. The van der Waals surface area contributed by atoms with E-state index < -0.39 is 0 Å². The zero-order chi connectivity index (χ0) is 11.3. The second-order valence-corrected chi connectivity index (χ2v) is 3.65. The summed E-state index contributed by atoms with van der Waals surface area (Å²) in [5.41, 5.74) is 0.422. The second kappa shape index (κ2) is 7.59. The van der Waals surface area contributed by atoms with E-state index in [0.717, 1.165) is 0 Å². The van der Waals surface area contributed by atoms with Crippen LogP contribution in [-0.2, 0) is 0 Å². The lowest BCUT2D eigenvalue weighted by Gasteiger charge is -2.09. The van der Waals surface area contributed by atoms with Crippen LogP contribution in [0.25, 0.3) is 0 Å². The van der Waals surface area contributed by atoms with Gasteiger partial charge in [0, 0.05) is 6.54 Å². The van der Waals surface area contributed by atoms with Crippen molar-refractivity contribution < 1.29 is 4.74 Å². The molecule has 0 amide bonds. The monoisotopic (exact) mass is 280 g/mol. The van der Waals surface area contributed by atoms with E-state index in [1.54, 1.807) is 0 Å². The lowest BCUT2D eigenvalue weighted by Crippen LogP contribution is -2.16. The highest BCUT2D eigenvalue weighted by Gasteiger charge is 2.09. The van der Waals surface area contributed by atoms with Crippen LogP contribution in [0.2, 0.25) is 10.0 Å². The molecule has 0 atom stereocenters. The van der Waals surface area contributed by atoms with E-state index in [-0.39, 0.29) is 12.4 Å². The number of nitriles is 1. The van der Waals surface area contributed by atoms with Gasteiger partial charge in [0.1, 0.15) is 6.61 Å². The summed E-state index contributed by atoms with van der Waals surface area (Å²) in [5, 5.41) is 12.3. The number of ether oxygens (including phenoxy) is 1. The van der Waals surface area contributed by atoms with Gasteiger partial charge in [-0.2, -0.15) is 5.26 Å². The van der Waals surface area contributed by atoms with Gasteiger partial charge in [0.05, 0.1) is 21.7 Å². The Balaban J connectivity index is 0.00000225. The molecule has 0 aromatic heterocycles. The summed E-state index contributed by atoms with van der Waals surface area (Å²) in [6.45, 7) is 1.18. The van der Waals surface area contributed by atoms with Crippen molar-refractivity contribution in [3.63, 3.8) is 0 Å². The average molecular weight is 282 g/mol. The molecule has 0 fully saturated rings. The normalized spacial score (nSPS) is 9.12. The third kappa shape index (κ3) is 4.07. The van der Waals surface area contributed by atoms with Crippen molar-refractivity contribution in [3.05, 3.63) is 27.7 Å². The molecule has 0 aliphatic heterocycles. The highest BCUT2D eigenvalue weighted by Crippen LogP contribution is 2.33. The molecule has 0 bridgehead atoms. The maximum absolute atomic E-state index is 8.67. The molecule has 0 aliphatic carbocycles. The van der Waals surface area contributed by atoms with Gasteiger partial charge in [-0.15, -0.1) is 12.4 Å². The molecule has 0 saturated heterocycles. The van der Waals surface area contributed by atoms with E-state index >= 15 is 0 Å². The molecular weight excluding hydrogens is 270 g/mol. The Morgan fingerprint density at radius 1 is 1.38 bits per heavy atom. The molecule has 6 heteroatoms. The fourth-order valence-corrected chi connectivity index (χ4v) is 1.61. The van der Waals surface area contributed by atoms with Gasteiger partial charge in [0.25, 0.3) is 0 Å². The van der Waals surface area contributed by atoms with Gasteiger partial charge in [-0.3, -0.25) is 0 Å². The van der Waals surface area contributed by atoms with Crippen molar-refractivity contribution in [1.29, 1.82) is 5.26 Å². The van der Waals surface area contributed by atoms with Gasteiger partial charge in [0.15, 0.2) is 5.75 Å². The quantitative estimate of drug-likeness (QED) is 0.863. The number of nitrogens with one attached hydrogen (secondary N) is 1. The standard InChI is InChI=1S/C10H10Cl2N2O.ClH/c1-14-2-3-15-10-8(11)4-7(6-13)5-9(10)12;/h4-5,14H,2-3H2,1H3;1H. The molecule has 0 aliphatic rings. The summed E-state index contributed by atoms with van der Waals surface area (Å²) in [4.78, 5) is 0. The van der Waals surface area contributed by atoms with Crippen LogP contribution in [0.3, 0.4) is 0 Å². The lowest BCUT2D eigenvalue weighted by atomic mass is 10.2. The fraction of sp³-hybridized carbons (Fsp3) is 0.300. The van der Waals surface area contributed by atoms with Crippen molar-refractivity contribution in [2.75, 3.05) is 20.2 Å². The summed E-state index contributed by atoms with van der Waals surface area (Å²) in [6.07, 6.45) is 0. The summed E-state index contributed by atoms with van der Waals surface area (Å²) in [6, 6.07) is 5.03. The SMILES string of the molecule is CNCCOc1c(Cl)cc(C#N)cc1Cl.Cl. The summed E-state index contributed by atoms with van der Waals surface area (Å²) in [5.74, 6) is 0.424. The van der Waals surface area contributed by atoms with Crippen LogP contribution in [0.15, 0.2) is 12.1 Å². The predicted molar refractivity (Wildman–Crippen MR) is 67.8 cm³/mol. The van der Waals surface area contributed by atoms with Crippen LogP contribution in [0.1, 0.15) is 5.56 Å². The first-order chi connectivity index (χ1) is 7.19. The van der Waals surface area contributed by atoms with Crippen molar-refractivity contribution in [2.45, 2.75) is 0 Å². The smallest absolute Gasteiger partial charge is 0.156 e. The van der Waals surface area contributed by atoms with Gasteiger partial charge in [-0.05, 0) is 19.2 Å². The topological polar surface area (TPSA) is 45.0 Å². The Bertz CT molecular complexity index is 367. The van der Waals surface area contributed by atoms with E-state index in [1.807, 2.05) is 13.1 Å². The van der Waals surface area contributed by atoms with Crippen LogP contribution in [-0.4, -0.2) is 20.2 Å². The Morgan fingerprint density at radius 2 is 1.94 bits per heavy atom. The third-order valence-corrected chi connectivity index (χ3v) is 2.29. The van der Waals surface area contributed by atoms with Crippen LogP contribution in [0.5, 0.6) is 5.75 Å². The number of nitrogens with zero attached hydrogens (tertiary/aromatic N) is 1. The molecule has 0 spiro atoms. The number of rotatable bonds is 4. The minimum Gasteiger partial charge on any atom is -0.489 e. The molecule has 1 aromatic carbocycles. The summed E-state index contributed by atoms with van der Waals surface area (Å²) in [7, 11) is 1.82. The van der Waals surface area contributed by atoms with E-state index in [2.05, 4.69) is 5.32 Å². The highest BCUT2D eigenvalue weighted by atomic mass is 35.5. The Kier molecular flexibility index (Phi) is 7.27. The number of hydrogen-bond donors (Lipinski definition) is 1. The molecule has 3 nitrogen and oxygen atoms in total. The van der Waals surface area contributed by atoms with Gasteiger partial charge < -0.3 is 10.1 Å². The summed E-state index contributed by atoms with van der Waals surface area (Å²) >= 11 is 11.8. The van der Waals surface area contributed by atoms with Crippen molar-refractivity contribution in [1.82, 2.24) is 5.32 Å². The molecule has 0 heterocycles. The summed E-state index contributed by atoms with van der Waals surface area (Å²) < 4.78 is 5.37. The minimum absolute atomic E-state index is 0. The fourth-order valence-electron chi connectivity index (χ4n) is 1.02. The zero-order valence-electron chi connectivity index (χ0n) is 8.59. The van der Waals surface area contributed by atoms with Gasteiger partial charge >= 0.3 is 0 Å². The van der Waals surface area contributed by atoms with Crippen LogP contribution in [0, 0.1) is 11.3 Å². The van der Waals surface area contributed by atoms with Crippen molar-refractivity contribution >= 4 is 35.6 Å². The third-order valence-electron chi connectivity index (χ3n) is 1.73. The largest absolute Gasteiger partial charge is 0.489 e. The van der Waals surface area contributed by atoms with Crippen molar-refractivity contribution in [3.8, 4) is 11.8 Å². The van der Waals surface area contributed by atoms with E-state index in [0.29, 0.717) is 34.5 Å². The molecule has 88 valence electrons. The first-order valence-electron chi connectivity index (χ1n) is 4.35. The van der Waals surface area contributed by atoms with E-state index in [4.69, 9.17) is 33.2 Å². The van der Waals surface area contributed by atoms with Gasteiger partial charge in [-0.1, -0.05) is 23.2 Å². The molecule has 0 unspecified atom stereocenters. The first kappa shape index (κ1) is 15.3. The second-order valence-electron chi connectivity index (χ2n) is 2.83. The Hall–Kier alpha value is -0.660. The highest BCUT2D eigenvalue weighted by molar-refractivity contribution is 6.37. The average Bonchev–Trinajstić information content (AvgIpc) is 2.22. The molecule has 0 saturated carbocycles.